The third kappa shape index (κ3) is 6.42. The molecule has 3 rings (SSSR count). The summed E-state index contributed by atoms with van der Waals surface area (Å²) in [6, 6.07) is 7.27. The van der Waals surface area contributed by atoms with Crippen LogP contribution >= 0.6 is 0 Å². The first kappa shape index (κ1) is 23.5. The number of carbonyl (C=O) groups is 3. The maximum Gasteiger partial charge on any atom is 0.338 e. The molecule has 0 bridgehead atoms. The quantitative estimate of drug-likeness (QED) is 0.457. The zero-order valence-electron chi connectivity index (χ0n) is 18.3. The summed E-state index contributed by atoms with van der Waals surface area (Å²) >= 11 is 0. The molecule has 0 spiro atoms. The first-order chi connectivity index (χ1) is 16.0. The summed E-state index contributed by atoms with van der Waals surface area (Å²) in [6.07, 6.45) is 3.19. The number of urea groups is 1. The Morgan fingerprint density at radius 1 is 1.12 bits per heavy atom. The third-order valence-corrected chi connectivity index (χ3v) is 4.65. The molecule has 2 amide bonds. The number of anilines is 1. The van der Waals surface area contributed by atoms with Crippen molar-refractivity contribution in [3.63, 3.8) is 0 Å². The van der Waals surface area contributed by atoms with Gasteiger partial charge in [-0.15, -0.1) is 0 Å². The van der Waals surface area contributed by atoms with Crippen molar-refractivity contribution in [3.05, 3.63) is 59.6 Å². The smallest absolute Gasteiger partial charge is 0.338 e. The van der Waals surface area contributed by atoms with Gasteiger partial charge in [0.1, 0.15) is 12.4 Å². The number of nitrogens with zero attached hydrogens (tertiary/aromatic N) is 2. The van der Waals surface area contributed by atoms with Gasteiger partial charge in [-0.3, -0.25) is 4.79 Å². The molecule has 0 saturated carbocycles. The highest BCUT2D eigenvalue weighted by Gasteiger charge is 2.34. The lowest BCUT2D eigenvalue weighted by atomic mass is 9.95. The fraction of sp³-hybridized carbons (Fsp3) is 0.318. The van der Waals surface area contributed by atoms with Crippen LogP contribution in [0.5, 0.6) is 5.75 Å². The van der Waals surface area contributed by atoms with Gasteiger partial charge in [0, 0.05) is 18.9 Å². The number of amides is 2. The fourth-order valence-corrected chi connectivity index (χ4v) is 3.12. The van der Waals surface area contributed by atoms with E-state index in [0.29, 0.717) is 17.3 Å². The van der Waals surface area contributed by atoms with Crippen molar-refractivity contribution in [1.29, 1.82) is 0 Å². The van der Waals surface area contributed by atoms with Crippen LogP contribution in [-0.4, -0.2) is 54.8 Å². The predicted octanol–water partition coefficient (Wildman–Crippen LogP) is 1.70. The number of nitrogens with one attached hydrogen (secondary N) is 3. The highest BCUT2D eigenvalue weighted by Crippen LogP contribution is 2.29. The average molecular weight is 455 g/mol. The summed E-state index contributed by atoms with van der Waals surface area (Å²) in [5, 5.41) is 8.18. The maximum absolute atomic E-state index is 12.7. The van der Waals surface area contributed by atoms with Crippen LogP contribution < -0.4 is 20.7 Å². The Hall–Kier alpha value is -4.15. The van der Waals surface area contributed by atoms with Crippen molar-refractivity contribution in [2.24, 2.45) is 0 Å². The molecule has 11 nitrogen and oxygen atoms in total. The van der Waals surface area contributed by atoms with Crippen LogP contribution in [0, 0.1) is 0 Å². The lowest BCUT2D eigenvalue weighted by Gasteiger charge is -2.29. The van der Waals surface area contributed by atoms with Crippen molar-refractivity contribution in [2.75, 3.05) is 32.2 Å². The summed E-state index contributed by atoms with van der Waals surface area (Å²) in [7, 11) is 1.54. The second kappa shape index (κ2) is 11.5. The number of esters is 2. The number of hydrogen-bond acceptors (Lipinski definition) is 9. The van der Waals surface area contributed by atoms with Gasteiger partial charge in [0.25, 0.3) is 0 Å². The Morgan fingerprint density at radius 3 is 2.52 bits per heavy atom. The number of ether oxygens (including phenoxy) is 3. The summed E-state index contributed by atoms with van der Waals surface area (Å²) in [5.74, 6) is -0.127. The summed E-state index contributed by atoms with van der Waals surface area (Å²) in [6.45, 7) is 1.79. The molecule has 0 aliphatic carbocycles. The first-order valence-corrected chi connectivity index (χ1v) is 10.3. The van der Waals surface area contributed by atoms with Gasteiger partial charge in [0.2, 0.25) is 5.95 Å². The molecule has 0 radical (unpaired) electrons. The number of rotatable bonds is 10. The van der Waals surface area contributed by atoms with E-state index in [-0.39, 0.29) is 37.4 Å². The van der Waals surface area contributed by atoms with E-state index < -0.39 is 24.0 Å². The van der Waals surface area contributed by atoms with Crippen molar-refractivity contribution >= 4 is 23.9 Å². The molecule has 1 aliphatic heterocycles. The van der Waals surface area contributed by atoms with E-state index in [2.05, 4.69) is 25.9 Å². The Balaban J connectivity index is 1.72. The van der Waals surface area contributed by atoms with Crippen LogP contribution in [0.25, 0.3) is 0 Å². The molecule has 1 atom stereocenters. The molecule has 1 unspecified atom stereocenters. The molecular formula is C22H25N5O6. The van der Waals surface area contributed by atoms with Gasteiger partial charge in [-0.1, -0.05) is 12.1 Å². The minimum atomic E-state index is -0.783. The van der Waals surface area contributed by atoms with Crippen LogP contribution in [0.2, 0.25) is 0 Å². The number of methoxy groups -OCH3 is 1. The molecule has 0 fully saturated rings. The number of hydrogen-bond donors (Lipinski definition) is 3. The molecule has 1 aliphatic rings. The Bertz CT molecular complexity index is 1010. The zero-order chi connectivity index (χ0) is 23.6. The van der Waals surface area contributed by atoms with Crippen molar-refractivity contribution in [2.45, 2.75) is 19.4 Å². The lowest BCUT2D eigenvalue weighted by Crippen LogP contribution is -2.47. The molecule has 1 aromatic heterocycles. The summed E-state index contributed by atoms with van der Waals surface area (Å²) in [5.41, 5.74) is 0.959. The van der Waals surface area contributed by atoms with Crippen molar-refractivity contribution < 1.29 is 28.6 Å². The summed E-state index contributed by atoms with van der Waals surface area (Å²) in [4.78, 5) is 45.2. The number of benzene rings is 1. The van der Waals surface area contributed by atoms with E-state index in [9.17, 15) is 14.4 Å². The van der Waals surface area contributed by atoms with Gasteiger partial charge in [-0.05, 0) is 30.7 Å². The second-order valence-electron chi connectivity index (χ2n) is 6.83. The van der Waals surface area contributed by atoms with Gasteiger partial charge in [0.05, 0.1) is 37.4 Å². The Morgan fingerprint density at radius 2 is 1.85 bits per heavy atom. The molecule has 1 aromatic carbocycles. The van der Waals surface area contributed by atoms with Crippen molar-refractivity contribution in [3.8, 4) is 5.75 Å². The van der Waals surface area contributed by atoms with E-state index in [1.165, 1.54) is 0 Å². The van der Waals surface area contributed by atoms with Crippen LogP contribution in [0.1, 0.15) is 24.9 Å². The molecule has 11 heteroatoms. The monoisotopic (exact) mass is 455 g/mol. The van der Waals surface area contributed by atoms with E-state index in [0.717, 1.165) is 0 Å². The van der Waals surface area contributed by atoms with Crippen LogP contribution in [0.3, 0.4) is 0 Å². The van der Waals surface area contributed by atoms with Crippen LogP contribution in [0.15, 0.2) is 54.0 Å². The number of carbonyl (C=O) groups excluding carboxylic acids is 3. The highest BCUT2D eigenvalue weighted by molar-refractivity contribution is 5.95. The Kier molecular flexibility index (Phi) is 8.17. The van der Waals surface area contributed by atoms with Gasteiger partial charge in [-0.25, -0.2) is 19.6 Å². The van der Waals surface area contributed by atoms with Gasteiger partial charge in [-0.2, -0.15) is 0 Å². The van der Waals surface area contributed by atoms with E-state index in [4.69, 9.17) is 14.2 Å². The average Bonchev–Trinajstić information content (AvgIpc) is 2.83. The molecule has 3 N–H and O–H groups in total. The normalized spacial score (nSPS) is 15.2. The van der Waals surface area contributed by atoms with E-state index >= 15 is 0 Å². The summed E-state index contributed by atoms with van der Waals surface area (Å²) < 4.78 is 15.6. The standard InChI is InChI=1S/C22H25N5O6/c1-3-32-20(29)18-16(13-33-17(28)9-12-25-21-23-10-4-11-24-21)26-22(30)27-19(18)14-5-7-15(31-2)8-6-14/h4-8,10-11,19H,3,9,12-13H2,1-2H3,(H,23,24,25)(H2,26,27,30). The van der Waals surface area contributed by atoms with Gasteiger partial charge in [0.15, 0.2) is 0 Å². The molecule has 174 valence electrons. The largest absolute Gasteiger partial charge is 0.497 e. The lowest BCUT2D eigenvalue weighted by molar-refractivity contribution is -0.143. The fourth-order valence-electron chi connectivity index (χ4n) is 3.12. The molecule has 2 aromatic rings. The first-order valence-electron chi connectivity index (χ1n) is 10.3. The van der Waals surface area contributed by atoms with Gasteiger partial charge >= 0.3 is 18.0 Å². The topological polar surface area (TPSA) is 141 Å². The molecule has 0 saturated heterocycles. The number of aromatic nitrogens is 2. The Labute approximate surface area is 190 Å². The molecular weight excluding hydrogens is 430 g/mol. The SMILES string of the molecule is CCOC(=O)C1=C(COC(=O)CCNc2ncccn2)NC(=O)NC1c1ccc(OC)cc1. The van der Waals surface area contributed by atoms with Gasteiger partial charge < -0.3 is 30.2 Å². The maximum atomic E-state index is 12.7. The molecule has 33 heavy (non-hydrogen) atoms. The van der Waals surface area contributed by atoms with E-state index in [1.807, 2.05) is 0 Å². The minimum absolute atomic E-state index is 0.0361. The predicted molar refractivity (Wildman–Crippen MR) is 117 cm³/mol. The van der Waals surface area contributed by atoms with Crippen LogP contribution in [0.4, 0.5) is 10.7 Å². The van der Waals surface area contributed by atoms with Crippen molar-refractivity contribution in [1.82, 2.24) is 20.6 Å². The highest BCUT2D eigenvalue weighted by atomic mass is 16.5. The van der Waals surface area contributed by atoms with E-state index in [1.54, 1.807) is 56.8 Å². The third-order valence-electron chi connectivity index (χ3n) is 4.65. The second-order valence-corrected chi connectivity index (χ2v) is 6.83. The van der Waals surface area contributed by atoms with Crippen LogP contribution in [-0.2, 0) is 19.1 Å². The minimum Gasteiger partial charge on any atom is -0.497 e. The zero-order valence-corrected chi connectivity index (χ0v) is 18.3. The molecule has 2 heterocycles.